The maximum Gasteiger partial charge on any atom is 0.0994 e. The maximum absolute atomic E-state index is 9.14. The molecule has 0 aliphatic carbocycles. The first-order valence-corrected chi connectivity index (χ1v) is 6.76. The molecule has 0 unspecified atom stereocenters. The number of nitriles is 1. The number of nitrogens with zero attached hydrogens (tertiary/aromatic N) is 2. The number of likely N-dealkylation sites (tertiary alicyclic amines) is 1. The van der Waals surface area contributed by atoms with Crippen LogP contribution in [0, 0.1) is 11.3 Å². The summed E-state index contributed by atoms with van der Waals surface area (Å²) in [5.41, 5.74) is 7.62. The number of hydrogen-bond acceptors (Lipinski definition) is 3. The van der Waals surface area contributed by atoms with Crippen molar-refractivity contribution in [2.24, 2.45) is 5.73 Å². The van der Waals surface area contributed by atoms with Gasteiger partial charge >= 0.3 is 0 Å². The lowest BCUT2D eigenvalue weighted by Crippen LogP contribution is -2.34. The molecule has 2 N–H and O–H groups in total. The Hall–Kier alpha value is -0.790. The summed E-state index contributed by atoms with van der Waals surface area (Å²) in [5.74, 6) is 0.551. The third-order valence-electron chi connectivity index (χ3n) is 3.79. The Labute approximate surface area is 134 Å². The van der Waals surface area contributed by atoms with Gasteiger partial charge in [-0.1, -0.05) is 18.2 Å². The summed E-state index contributed by atoms with van der Waals surface area (Å²) in [4.78, 5) is 2.48. The molecule has 0 bridgehead atoms. The summed E-state index contributed by atoms with van der Waals surface area (Å²) in [6.45, 7) is 4.15. The van der Waals surface area contributed by atoms with Gasteiger partial charge in [0.2, 0.25) is 0 Å². The van der Waals surface area contributed by atoms with E-state index in [9.17, 15) is 0 Å². The van der Waals surface area contributed by atoms with Gasteiger partial charge in [-0.15, -0.1) is 24.8 Å². The van der Waals surface area contributed by atoms with E-state index in [1.54, 1.807) is 0 Å². The number of halogens is 2. The molecule has 5 heteroatoms. The van der Waals surface area contributed by atoms with Gasteiger partial charge in [0.25, 0.3) is 0 Å². The molecular formula is C15H23Cl2N3. The first-order chi connectivity index (χ1) is 8.85. The fraction of sp³-hybridized carbons (Fsp3) is 0.533. The van der Waals surface area contributed by atoms with Crippen LogP contribution in [-0.4, -0.2) is 31.1 Å². The molecule has 1 heterocycles. The topological polar surface area (TPSA) is 53.0 Å². The third-order valence-corrected chi connectivity index (χ3v) is 3.79. The molecule has 1 aromatic rings. The zero-order valence-electron chi connectivity index (χ0n) is 11.6. The highest BCUT2D eigenvalue weighted by Crippen LogP contribution is 2.29. The smallest absolute Gasteiger partial charge is 0.0994 e. The van der Waals surface area contributed by atoms with Crippen LogP contribution in [0.4, 0.5) is 0 Å². The van der Waals surface area contributed by atoms with Crippen LogP contribution in [0.2, 0.25) is 0 Å². The van der Waals surface area contributed by atoms with E-state index in [2.05, 4.69) is 17.0 Å². The summed E-state index contributed by atoms with van der Waals surface area (Å²) in [6, 6.07) is 10.3. The Morgan fingerprint density at radius 2 is 1.85 bits per heavy atom. The predicted octanol–water partition coefficient (Wildman–Crippen LogP) is 2.93. The third kappa shape index (κ3) is 4.96. The van der Waals surface area contributed by atoms with E-state index >= 15 is 0 Å². The maximum atomic E-state index is 9.14. The Morgan fingerprint density at radius 1 is 1.20 bits per heavy atom. The Kier molecular flexibility index (Phi) is 9.62. The van der Waals surface area contributed by atoms with Crippen LogP contribution in [0.1, 0.15) is 36.3 Å². The Balaban J connectivity index is 0.00000180. The van der Waals surface area contributed by atoms with Gasteiger partial charge in [-0.2, -0.15) is 5.26 Å². The molecule has 112 valence electrons. The van der Waals surface area contributed by atoms with Gasteiger partial charge in [0, 0.05) is 0 Å². The molecular weight excluding hydrogens is 293 g/mol. The minimum atomic E-state index is 0. The van der Waals surface area contributed by atoms with Gasteiger partial charge in [-0.25, -0.2) is 0 Å². The van der Waals surface area contributed by atoms with Crippen LogP contribution < -0.4 is 5.73 Å². The molecule has 0 atom stereocenters. The molecule has 1 fully saturated rings. The molecule has 0 saturated carbocycles. The molecule has 20 heavy (non-hydrogen) atoms. The van der Waals surface area contributed by atoms with E-state index in [1.807, 2.05) is 18.2 Å². The average Bonchev–Trinajstić information content (AvgIpc) is 2.45. The second-order valence-electron chi connectivity index (χ2n) is 4.96. The van der Waals surface area contributed by atoms with Crippen molar-refractivity contribution in [3.05, 3.63) is 35.4 Å². The molecule has 3 nitrogen and oxygen atoms in total. The quantitative estimate of drug-likeness (QED) is 0.929. The van der Waals surface area contributed by atoms with Gasteiger partial charge < -0.3 is 10.6 Å². The monoisotopic (exact) mass is 315 g/mol. The lowest BCUT2D eigenvalue weighted by atomic mass is 9.87. The summed E-state index contributed by atoms with van der Waals surface area (Å²) < 4.78 is 0. The Bertz CT molecular complexity index is 423. The van der Waals surface area contributed by atoms with Crippen molar-refractivity contribution in [2.45, 2.75) is 25.2 Å². The molecule has 2 rings (SSSR count). The molecule has 0 spiro atoms. The molecule has 1 aromatic carbocycles. The van der Waals surface area contributed by atoms with E-state index in [0.29, 0.717) is 5.92 Å². The largest absolute Gasteiger partial charge is 0.330 e. The number of piperidine rings is 1. The highest BCUT2D eigenvalue weighted by atomic mass is 35.5. The first-order valence-electron chi connectivity index (χ1n) is 6.76. The van der Waals surface area contributed by atoms with Crippen LogP contribution in [0.5, 0.6) is 0 Å². The molecule has 1 aliphatic rings. The van der Waals surface area contributed by atoms with Gasteiger partial charge in [0.1, 0.15) is 0 Å². The van der Waals surface area contributed by atoms with Gasteiger partial charge in [0.05, 0.1) is 11.6 Å². The second kappa shape index (κ2) is 10.0. The number of benzene rings is 1. The lowest BCUT2D eigenvalue weighted by Gasteiger charge is -2.32. The fourth-order valence-corrected chi connectivity index (χ4v) is 2.74. The molecule has 1 saturated heterocycles. The zero-order valence-corrected chi connectivity index (χ0v) is 13.3. The summed E-state index contributed by atoms with van der Waals surface area (Å²) >= 11 is 0. The van der Waals surface area contributed by atoms with Gasteiger partial charge in [0.15, 0.2) is 0 Å². The van der Waals surface area contributed by atoms with Gasteiger partial charge in [-0.3, -0.25) is 0 Å². The zero-order chi connectivity index (χ0) is 12.8. The summed E-state index contributed by atoms with van der Waals surface area (Å²) in [5, 5.41) is 9.14. The van der Waals surface area contributed by atoms with Crippen molar-refractivity contribution in [2.75, 3.05) is 26.2 Å². The molecule has 0 amide bonds. The number of nitrogens with two attached hydrogens (primary N) is 1. The van der Waals surface area contributed by atoms with Crippen LogP contribution in [0.3, 0.4) is 0 Å². The molecule has 1 aliphatic heterocycles. The van der Waals surface area contributed by atoms with E-state index in [-0.39, 0.29) is 24.8 Å². The van der Waals surface area contributed by atoms with E-state index in [0.717, 1.165) is 51.0 Å². The summed E-state index contributed by atoms with van der Waals surface area (Å²) in [7, 11) is 0. The van der Waals surface area contributed by atoms with Crippen molar-refractivity contribution in [3.63, 3.8) is 0 Å². The van der Waals surface area contributed by atoms with Crippen molar-refractivity contribution < 1.29 is 0 Å². The summed E-state index contributed by atoms with van der Waals surface area (Å²) in [6.07, 6.45) is 3.39. The lowest BCUT2D eigenvalue weighted by molar-refractivity contribution is 0.211. The molecule has 0 radical (unpaired) electrons. The van der Waals surface area contributed by atoms with Crippen molar-refractivity contribution in [1.82, 2.24) is 4.90 Å². The van der Waals surface area contributed by atoms with E-state index in [1.165, 1.54) is 5.56 Å². The van der Waals surface area contributed by atoms with Crippen LogP contribution >= 0.6 is 24.8 Å². The normalized spacial score (nSPS) is 15.8. The first kappa shape index (κ1) is 19.2. The van der Waals surface area contributed by atoms with Crippen molar-refractivity contribution >= 4 is 24.8 Å². The highest BCUT2D eigenvalue weighted by Gasteiger charge is 2.21. The Morgan fingerprint density at radius 3 is 2.45 bits per heavy atom. The predicted molar refractivity (Wildman–Crippen MR) is 87.7 cm³/mol. The van der Waals surface area contributed by atoms with Crippen LogP contribution in [0.25, 0.3) is 0 Å². The highest BCUT2D eigenvalue weighted by molar-refractivity contribution is 5.85. The minimum absolute atomic E-state index is 0. The number of rotatable bonds is 4. The average molecular weight is 316 g/mol. The fourth-order valence-electron chi connectivity index (χ4n) is 2.74. The van der Waals surface area contributed by atoms with Crippen molar-refractivity contribution in [1.29, 1.82) is 5.26 Å². The SMILES string of the molecule is Cl.Cl.N#Cc1ccccc1C1CCN(CCCN)CC1. The molecule has 0 aromatic heterocycles. The van der Waals surface area contributed by atoms with E-state index in [4.69, 9.17) is 11.0 Å². The van der Waals surface area contributed by atoms with Crippen LogP contribution in [0.15, 0.2) is 24.3 Å². The van der Waals surface area contributed by atoms with Crippen LogP contribution in [-0.2, 0) is 0 Å². The van der Waals surface area contributed by atoms with Crippen molar-refractivity contribution in [3.8, 4) is 6.07 Å². The second-order valence-corrected chi connectivity index (χ2v) is 4.96. The number of hydrogen-bond donors (Lipinski definition) is 1. The minimum Gasteiger partial charge on any atom is -0.330 e. The van der Waals surface area contributed by atoms with Gasteiger partial charge in [-0.05, 0) is 63.0 Å². The van der Waals surface area contributed by atoms with E-state index < -0.39 is 0 Å². The standard InChI is InChI=1S/C15H21N3.2ClH/c16-8-3-9-18-10-6-13(7-11-18)15-5-2-1-4-14(15)12-17;;/h1-2,4-5,13H,3,6-11,16H2;2*1H.